The molecule has 0 atom stereocenters. The Bertz CT molecular complexity index is 517. The lowest BCUT2D eigenvalue weighted by atomic mass is 10.3. The third kappa shape index (κ3) is 6.41. The van der Waals surface area contributed by atoms with Gasteiger partial charge >= 0.3 is 0 Å². The van der Waals surface area contributed by atoms with E-state index >= 15 is 0 Å². The van der Waals surface area contributed by atoms with E-state index in [2.05, 4.69) is 19.9 Å². The molecule has 0 unspecified atom stereocenters. The molecule has 0 aliphatic rings. The molecule has 0 saturated heterocycles. The highest BCUT2D eigenvalue weighted by Crippen LogP contribution is 2.19. The average Bonchev–Trinajstić information content (AvgIpc) is 2.44. The number of nitrogens with zero attached hydrogens (tertiary/aromatic N) is 2. The monoisotopic (exact) mass is 314 g/mol. The smallest absolute Gasteiger partial charge is 0.244 e. The molecular formula is C14H26N4O2S. The van der Waals surface area contributed by atoms with E-state index in [1.807, 2.05) is 21.0 Å². The lowest BCUT2D eigenvalue weighted by molar-refractivity contribution is 0.394. The van der Waals surface area contributed by atoms with E-state index < -0.39 is 10.0 Å². The van der Waals surface area contributed by atoms with Crippen LogP contribution in [0.4, 0.5) is 5.69 Å². The van der Waals surface area contributed by atoms with Gasteiger partial charge in [0.25, 0.3) is 0 Å². The molecule has 21 heavy (non-hydrogen) atoms. The van der Waals surface area contributed by atoms with Crippen LogP contribution in [0.15, 0.2) is 23.4 Å². The summed E-state index contributed by atoms with van der Waals surface area (Å²) in [5.74, 6) is 0. The predicted molar refractivity (Wildman–Crippen MR) is 86.0 cm³/mol. The normalized spacial score (nSPS) is 11.8. The summed E-state index contributed by atoms with van der Waals surface area (Å²) in [5.41, 5.74) is 0.604. The molecule has 6 nitrogen and oxygen atoms in total. The van der Waals surface area contributed by atoms with E-state index in [-0.39, 0.29) is 4.90 Å². The van der Waals surface area contributed by atoms with Crippen molar-refractivity contribution in [2.75, 3.05) is 39.0 Å². The number of unbranched alkanes of at least 4 members (excludes halogenated alkanes) is 1. The molecule has 120 valence electrons. The minimum atomic E-state index is -3.51. The average molecular weight is 314 g/mol. The summed E-state index contributed by atoms with van der Waals surface area (Å²) in [5, 5.41) is 3.12. The van der Waals surface area contributed by atoms with Crippen molar-refractivity contribution in [2.24, 2.45) is 0 Å². The van der Waals surface area contributed by atoms with Gasteiger partial charge in [0.1, 0.15) is 4.90 Å². The van der Waals surface area contributed by atoms with Crippen molar-refractivity contribution < 1.29 is 8.42 Å². The van der Waals surface area contributed by atoms with Crippen molar-refractivity contribution in [3.63, 3.8) is 0 Å². The third-order valence-corrected chi connectivity index (χ3v) is 4.45. The molecule has 1 rings (SSSR count). The second-order valence-corrected chi connectivity index (χ2v) is 6.94. The SMILES string of the molecule is CCCNc1ccncc1S(=O)(=O)NCCCCN(C)C. The fraction of sp³-hybridized carbons (Fsp3) is 0.643. The molecule has 1 heterocycles. The van der Waals surface area contributed by atoms with Gasteiger partial charge in [0.05, 0.1) is 5.69 Å². The van der Waals surface area contributed by atoms with Crippen LogP contribution in [0, 0.1) is 0 Å². The Labute approximate surface area is 128 Å². The van der Waals surface area contributed by atoms with Crippen LogP contribution in [0.3, 0.4) is 0 Å². The van der Waals surface area contributed by atoms with Crippen LogP contribution in [0.1, 0.15) is 26.2 Å². The number of anilines is 1. The van der Waals surface area contributed by atoms with Gasteiger partial charge in [-0.25, -0.2) is 13.1 Å². The highest BCUT2D eigenvalue weighted by molar-refractivity contribution is 7.89. The number of pyridine rings is 1. The molecule has 0 radical (unpaired) electrons. The maximum absolute atomic E-state index is 12.3. The molecule has 1 aromatic rings. The van der Waals surface area contributed by atoms with Crippen molar-refractivity contribution in [3.8, 4) is 0 Å². The van der Waals surface area contributed by atoms with Crippen molar-refractivity contribution in [2.45, 2.75) is 31.1 Å². The standard InChI is InChI=1S/C14H26N4O2S/c1-4-8-16-13-7-10-15-12-14(13)21(19,20)17-9-5-6-11-18(2)3/h7,10,12,17H,4-6,8-9,11H2,1-3H3,(H,15,16). The van der Waals surface area contributed by atoms with Gasteiger partial charge in [0.15, 0.2) is 0 Å². The van der Waals surface area contributed by atoms with E-state index in [1.54, 1.807) is 12.3 Å². The number of nitrogens with one attached hydrogen (secondary N) is 2. The zero-order valence-corrected chi connectivity index (χ0v) is 13.9. The summed E-state index contributed by atoms with van der Waals surface area (Å²) in [6, 6.07) is 1.69. The van der Waals surface area contributed by atoms with Crippen LogP contribution in [0.5, 0.6) is 0 Å². The number of aromatic nitrogens is 1. The summed E-state index contributed by atoms with van der Waals surface area (Å²) in [6.45, 7) is 4.16. The van der Waals surface area contributed by atoms with Crippen LogP contribution in [-0.2, 0) is 10.0 Å². The van der Waals surface area contributed by atoms with E-state index in [1.165, 1.54) is 6.20 Å². The van der Waals surface area contributed by atoms with Crippen molar-refractivity contribution in [1.29, 1.82) is 0 Å². The highest BCUT2D eigenvalue weighted by atomic mass is 32.2. The first-order valence-electron chi connectivity index (χ1n) is 7.29. The topological polar surface area (TPSA) is 74.3 Å². The molecular weight excluding hydrogens is 288 g/mol. The Morgan fingerprint density at radius 3 is 2.67 bits per heavy atom. The first kappa shape index (κ1) is 17.9. The Morgan fingerprint density at radius 1 is 1.24 bits per heavy atom. The van der Waals surface area contributed by atoms with Gasteiger partial charge < -0.3 is 10.2 Å². The summed E-state index contributed by atoms with van der Waals surface area (Å²) in [7, 11) is 0.500. The maximum Gasteiger partial charge on any atom is 0.244 e. The molecule has 2 N–H and O–H groups in total. The molecule has 0 aromatic carbocycles. The highest BCUT2D eigenvalue weighted by Gasteiger charge is 2.17. The van der Waals surface area contributed by atoms with E-state index in [0.29, 0.717) is 12.2 Å². The molecule has 7 heteroatoms. The quantitative estimate of drug-likeness (QED) is 0.641. The molecule has 0 bridgehead atoms. The molecule has 0 fully saturated rings. The van der Waals surface area contributed by atoms with Crippen LogP contribution in [0.25, 0.3) is 0 Å². The lowest BCUT2D eigenvalue weighted by Gasteiger charge is -2.13. The summed E-state index contributed by atoms with van der Waals surface area (Å²) in [4.78, 5) is 6.22. The van der Waals surface area contributed by atoms with Gasteiger partial charge in [-0.2, -0.15) is 0 Å². The predicted octanol–water partition coefficient (Wildman–Crippen LogP) is 1.52. The van der Waals surface area contributed by atoms with E-state index in [4.69, 9.17) is 0 Å². The minimum Gasteiger partial charge on any atom is -0.384 e. The third-order valence-electron chi connectivity index (χ3n) is 2.96. The van der Waals surface area contributed by atoms with Gasteiger partial charge in [-0.15, -0.1) is 0 Å². The Morgan fingerprint density at radius 2 is 2.00 bits per heavy atom. The van der Waals surface area contributed by atoms with Crippen molar-refractivity contribution in [1.82, 2.24) is 14.6 Å². The Balaban J connectivity index is 2.61. The Hall–Kier alpha value is -1.18. The fourth-order valence-corrected chi connectivity index (χ4v) is 3.04. The zero-order valence-electron chi connectivity index (χ0n) is 13.1. The van der Waals surface area contributed by atoms with Crippen LogP contribution in [0.2, 0.25) is 0 Å². The maximum atomic E-state index is 12.3. The van der Waals surface area contributed by atoms with Crippen LogP contribution < -0.4 is 10.0 Å². The van der Waals surface area contributed by atoms with E-state index in [9.17, 15) is 8.42 Å². The zero-order chi connectivity index (χ0) is 15.7. The number of hydrogen-bond acceptors (Lipinski definition) is 5. The van der Waals surface area contributed by atoms with Gasteiger partial charge in [-0.1, -0.05) is 6.92 Å². The van der Waals surface area contributed by atoms with Crippen LogP contribution in [-0.4, -0.2) is 52.0 Å². The Kier molecular flexibility index (Phi) is 7.63. The summed E-state index contributed by atoms with van der Waals surface area (Å²) in [6.07, 6.45) is 5.69. The number of rotatable bonds is 10. The number of hydrogen-bond donors (Lipinski definition) is 2. The van der Waals surface area contributed by atoms with Gasteiger partial charge in [-0.3, -0.25) is 4.98 Å². The van der Waals surface area contributed by atoms with Gasteiger partial charge in [-0.05, 0) is 46.0 Å². The molecule has 0 spiro atoms. The second-order valence-electron chi connectivity index (χ2n) is 5.21. The van der Waals surface area contributed by atoms with Gasteiger partial charge in [0.2, 0.25) is 10.0 Å². The molecule has 0 aliphatic heterocycles. The molecule has 1 aromatic heterocycles. The van der Waals surface area contributed by atoms with Crippen molar-refractivity contribution in [3.05, 3.63) is 18.5 Å². The van der Waals surface area contributed by atoms with Gasteiger partial charge in [0, 0.05) is 25.5 Å². The van der Waals surface area contributed by atoms with E-state index in [0.717, 1.165) is 32.4 Å². The fourth-order valence-electron chi connectivity index (χ4n) is 1.84. The minimum absolute atomic E-state index is 0.214. The first-order chi connectivity index (χ1) is 9.97. The lowest BCUT2D eigenvalue weighted by Crippen LogP contribution is -2.26. The molecule has 0 aliphatic carbocycles. The first-order valence-corrected chi connectivity index (χ1v) is 8.78. The largest absolute Gasteiger partial charge is 0.384 e. The second kappa shape index (κ2) is 8.96. The molecule has 0 saturated carbocycles. The summed E-state index contributed by atoms with van der Waals surface area (Å²) < 4.78 is 27.3. The molecule has 0 amide bonds. The summed E-state index contributed by atoms with van der Waals surface area (Å²) >= 11 is 0. The number of sulfonamides is 1. The van der Waals surface area contributed by atoms with Crippen molar-refractivity contribution >= 4 is 15.7 Å². The van der Waals surface area contributed by atoms with Crippen LogP contribution >= 0.6 is 0 Å².